The van der Waals surface area contributed by atoms with Crippen LogP contribution in [0.25, 0.3) is 11.3 Å². The summed E-state index contributed by atoms with van der Waals surface area (Å²) in [5, 5.41) is 12.0. The van der Waals surface area contributed by atoms with Crippen molar-refractivity contribution < 1.29 is 27.8 Å². The molecule has 0 spiro atoms. The molecule has 1 aromatic carbocycles. The third-order valence-electron chi connectivity index (χ3n) is 2.85. The van der Waals surface area contributed by atoms with Crippen LogP contribution in [0.5, 0.6) is 11.5 Å². The molecule has 23 heavy (non-hydrogen) atoms. The number of amides is 1. The minimum absolute atomic E-state index is 0.179. The first kappa shape index (κ1) is 16.6. The van der Waals surface area contributed by atoms with E-state index in [4.69, 9.17) is 0 Å². The molecule has 8 heteroatoms. The van der Waals surface area contributed by atoms with Crippen molar-refractivity contribution in [2.24, 2.45) is 0 Å². The first-order chi connectivity index (χ1) is 10.7. The van der Waals surface area contributed by atoms with E-state index in [9.17, 15) is 23.1 Å². The Labute approximate surface area is 129 Å². The number of phenolic OH excluding ortho intramolecular Hbond substituents is 1. The second kappa shape index (κ2) is 6.55. The highest BCUT2D eigenvalue weighted by Gasteiger charge is 2.32. The van der Waals surface area contributed by atoms with Gasteiger partial charge in [0, 0.05) is 25.2 Å². The number of nitrogens with zero attached hydrogens (tertiary/aromatic N) is 1. The fraction of sp³-hybridized carbons (Fsp3) is 0.200. The lowest BCUT2D eigenvalue weighted by Gasteiger charge is -2.11. The normalized spacial score (nSPS) is 11.1. The Morgan fingerprint density at radius 2 is 2.04 bits per heavy atom. The molecule has 0 fully saturated rings. The summed E-state index contributed by atoms with van der Waals surface area (Å²) in [5.41, 5.74) is 1.51. The number of benzene rings is 1. The van der Waals surface area contributed by atoms with Gasteiger partial charge >= 0.3 is 6.36 Å². The quantitative estimate of drug-likeness (QED) is 0.906. The summed E-state index contributed by atoms with van der Waals surface area (Å²) >= 11 is 0. The van der Waals surface area contributed by atoms with Crippen molar-refractivity contribution in [1.82, 2.24) is 10.3 Å². The zero-order chi connectivity index (χ0) is 17.0. The van der Waals surface area contributed by atoms with Crippen molar-refractivity contribution in [3.63, 3.8) is 0 Å². The maximum atomic E-state index is 12.3. The second-order valence-corrected chi connectivity index (χ2v) is 4.69. The van der Waals surface area contributed by atoms with E-state index in [2.05, 4.69) is 15.0 Å². The summed E-state index contributed by atoms with van der Waals surface area (Å²) in [6.45, 7) is 1.70. The highest BCUT2D eigenvalue weighted by Crippen LogP contribution is 2.34. The Bertz CT molecular complexity index is 700. The Balaban J connectivity index is 2.21. The standard InChI is InChI=1S/C15H13F3N2O3/c1-9(21)19-7-10-2-4-12(20-8-10)11-3-5-13(22)14(6-11)23-15(16,17)18/h2-6,8,22H,7H2,1H3,(H,19,21). The average molecular weight is 326 g/mol. The van der Waals surface area contributed by atoms with Crippen molar-refractivity contribution in [3.8, 4) is 22.8 Å². The molecule has 0 radical (unpaired) electrons. The summed E-state index contributed by atoms with van der Waals surface area (Å²) in [7, 11) is 0. The van der Waals surface area contributed by atoms with Gasteiger partial charge in [-0.1, -0.05) is 6.07 Å². The molecule has 0 aliphatic carbocycles. The first-order valence-corrected chi connectivity index (χ1v) is 6.53. The topological polar surface area (TPSA) is 71.5 Å². The van der Waals surface area contributed by atoms with Gasteiger partial charge in [-0.3, -0.25) is 9.78 Å². The Hall–Kier alpha value is -2.77. The van der Waals surface area contributed by atoms with Crippen molar-refractivity contribution in [2.75, 3.05) is 0 Å². The number of hydrogen-bond donors (Lipinski definition) is 2. The molecule has 2 aromatic rings. The Morgan fingerprint density at radius 1 is 1.30 bits per heavy atom. The van der Waals surface area contributed by atoms with Crippen molar-refractivity contribution >= 4 is 5.91 Å². The van der Waals surface area contributed by atoms with Crippen LogP contribution >= 0.6 is 0 Å². The molecule has 1 amide bonds. The van der Waals surface area contributed by atoms with Gasteiger partial charge in [0.25, 0.3) is 0 Å². The van der Waals surface area contributed by atoms with Gasteiger partial charge in [-0.25, -0.2) is 0 Å². The lowest BCUT2D eigenvalue weighted by molar-refractivity contribution is -0.275. The summed E-state index contributed by atoms with van der Waals surface area (Å²) in [6, 6.07) is 6.87. The van der Waals surface area contributed by atoms with Gasteiger partial charge in [-0.15, -0.1) is 13.2 Å². The molecule has 1 aromatic heterocycles. The van der Waals surface area contributed by atoms with E-state index in [1.807, 2.05) is 0 Å². The van der Waals surface area contributed by atoms with Gasteiger partial charge < -0.3 is 15.2 Å². The first-order valence-electron chi connectivity index (χ1n) is 6.53. The number of aromatic nitrogens is 1. The van der Waals surface area contributed by atoms with E-state index in [0.29, 0.717) is 17.8 Å². The molecule has 122 valence electrons. The molecule has 0 saturated heterocycles. The molecule has 0 saturated carbocycles. The number of carbonyl (C=O) groups excluding carboxylic acids is 1. The van der Waals surface area contributed by atoms with E-state index in [1.54, 1.807) is 12.1 Å². The second-order valence-electron chi connectivity index (χ2n) is 4.69. The van der Waals surface area contributed by atoms with Crippen LogP contribution in [-0.4, -0.2) is 22.4 Å². The molecule has 0 aliphatic heterocycles. The van der Waals surface area contributed by atoms with Gasteiger partial charge in [0.1, 0.15) is 0 Å². The lowest BCUT2D eigenvalue weighted by atomic mass is 10.1. The van der Waals surface area contributed by atoms with Gasteiger partial charge in [0.15, 0.2) is 11.5 Å². The van der Waals surface area contributed by atoms with Crippen LogP contribution in [0.15, 0.2) is 36.5 Å². The molecule has 0 atom stereocenters. The van der Waals surface area contributed by atoms with Crippen LogP contribution in [-0.2, 0) is 11.3 Å². The summed E-state index contributed by atoms with van der Waals surface area (Å²) in [6.07, 6.45) is -3.39. The number of phenols is 1. The van der Waals surface area contributed by atoms with Gasteiger partial charge in [-0.2, -0.15) is 0 Å². The molecule has 0 aliphatic rings. The van der Waals surface area contributed by atoms with Crippen LogP contribution < -0.4 is 10.1 Å². The molecule has 2 N–H and O–H groups in total. The molecular formula is C15H13F3N2O3. The van der Waals surface area contributed by atoms with Crippen LogP contribution in [0.1, 0.15) is 12.5 Å². The monoisotopic (exact) mass is 326 g/mol. The maximum absolute atomic E-state index is 12.3. The molecule has 2 rings (SSSR count). The van der Waals surface area contributed by atoms with Crippen LogP contribution in [0.2, 0.25) is 0 Å². The van der Waals surface area contributed by atoms with Crippen LogP contribution in [0.4, 0.5) is 13.2 Å². The van der Waals surface area contributed by atoms with Crippen molar-refractivity contribution in [3.05, 3.63) is 42.1 Å². The third kappa shape index (κ3) is 4.87. The highest BCUT2D eigenvalue weighted by molar-refractivity contribution is 5.72. The van der Waals surface area contributed by atoms with E-state index < -0.39 is 17.9 Å². The number of halogens is 3. The minimum Gasteiger partial charge on any atom is -0.504 e. The molecule has 5 nitrogen and oxygen atoms in total. The minimum atomic E-state index is -4.90. The highest BCUT2D eigenvalue weighted by atomic mass is 19.4. The zero-order valence-electron chi connectivity index (χ0n) is 12.0. The fourth-order valence-electron chi connectivity index (χ4n) is 1.81. The lowest BCUT2D eigenvalue weighted by Crippen LogP contribution is -2.18. The Kier molecular flexibility index (Phi) is 4.73. The summed E-state index contributed by atoms with van der Waals surface area (Å²) in [5.74, 6) is -1.49. The third-order valence-corrected chi connectivity index (χ3v) is 2.85. The smallest absolute Gasteiger partial charge is 0.504 e. The van der Waals surface area contributed by atoms with Crippen LogP contribution in [0, 0.1) is 0 Å². The predicted molar refractivity (Wildman–Crippen MR) is 75.5 cm³/mol. The number of pyridine rings is 1. The number of hydrogen-bond acceptors (Lipinski definition) is 4. The number of aromatic hydroxyl groups is 1. The number of rotatable bonds is 4. The summed E-state index contributed by atoms with van der Waals surface area (Å²) < 4.78 is 40.6. The largest absolute Gasteiger partial charge is 0.573 e. The van der Waals surface area contributed by atoms with Crippen molar-refractivity contribution in [2.45, 2.75) is 19.8 Å². The predicted octanol–water partition coefficient (Wildman–Crippen LogP) is 2.99. The Morgan fingerprint density at radius 3 is 2.61 bits per heavy atom. The summed E-state index contributed by atoms with van der Waals surface area (Å²) in [4.78, 5) is 15.0. The van der Waals surface area contributed by atoms with Gasteiger partial charge in [0.05, 0.1) is 5.69 Å². The average Bonchev–Trinajstić information content (AvgIpc) is 2.46. The fourth-order valence-corrected chi connectivity index (χ4v) is 1.81. The SMILES string of the molecule is CC(=O)NCc1ccc(-c2ccc(O)c(OC(F)(F)F)c2)nc1. The number of carbonyl (C=O) groups is 1. The number of nitrogens with one attached hydrogen (secondary N) is 1. The number of alkyl halides is 3. The number of ether oxygens (including phenoxy) is 1. The zero-order valence-corrected chi connectivity index (χ0v) is 12.0. The van der Waals surface area contributed by atoms with E-state index in [0.717, 1.165) is 17.7 Å². The van der Waals surface area contributed by atoms with E-state index in [1.165, 1.54) is 19.2 Å². The molecule has 0 bridgehead atoms. The molecular weight excluding hydrogens is 313 g/mol. The van der Waals surface area contributed by atoms with Gasteiger partial charge in [-0.05, 0) is 29.8 Å². The van der Waals surface area contributed by atoms with Crippen molar-refractivity contribution in [1.29, 1.82) is 0 Å². The molecule has 1 heterocycles. The van der Waals surface area contributed by atoms with Gasteiger partial charge in [0.2, 0.25) is 5.91 Å². The van der Waals surface area contributed by atoms with E-state index in [-0.39, 0.29) is 5.91 Å². The maximum Gasteiger partial charge on any atom is 0.573 e. The van der Waals surface area contributed by atoms with E-state index >= 15 is 0 Å². The molecule has 0 unspecified atom stereocenters. The van der Waals surface area contributed by atoms with Crippen LogP contribution in [0.3, 0.4) is 0 Å².